The van der Waals surface area contributed by atoms with E-state index in [2.05, 4.69) is 15.5 Å². The molecular formula is C15H22ClN5O. The predicted molar refractivity (Wildman–Crippen MR) is 85.8 cm³/mol. The van der Waals surface area contributed by atoms with E-state index in [9.17, 15) is 4.79 Å². The number of halogens is 1. The Morgan fingerprint density at radius 2 is 2.00 bits per heavy atom. The maximum atomic E-state index is 12.1. The molecule has 0 aliphatic heterocycles. The van der Waals surface area contributed by atoms with Crippen LogP contribution in [0.3, 0.4) is 0 Å². The van der Waals surface area contributed by atoms with Crippen LogP contribution in [-0.4, -0.2) is 25.5 Å². The number of hydrogen-bond acceptors (Lipinski definition) is 3. The van der Waals surface area contributed by atoms with Gasteiger partial charge in [-0.05, 0) is 27.7 Å². The Hall–Kier alpha value is -1.82. The van der Waals surface area contributed by atoms with Crippen LogP contribution in [0.15, 0.2) is 6.20 Å². The zero-order valence-electron chi connectivity index (χ0n) is 13.6. The van der Waals surface area contributed by atoms with Crippen molar-refractivity contribution < 1.29 is 4.79 Å². The van der Waals surface area contributed by atoms with Gasteiger partial charge in [0.2, 0.25) is 5.91 Å². The Bertz CT molecular complexity index is 688. The number of aromatic nitrogens is 4. The Labute approximate surface area is 135 Å². The highest BCUT2D eigenvalue weighted by Crippen LogP contribution is 2.19. The van der Waals surface area contributed by atoms with Crippen LogP contribution < -0.4 is 5.32 Å². The highest BCUT2D eigenvalue weighted by Gasteiger charge is 2.15. The Morgan fingerprint density at radius 1 is 1.32 bits per heavy atom. The van der Waals surface area contributed by atoms with Crippen molar-refractivity contribution in [2.75, 3.05) is 0 Å². The molecule has 120 valence electrons. The summed E-state index contributed by atoms with van der Waals surface area (Å²) in [5.74, 6) is -0.0144. The molecule has 0 spiro atoms. The molecular weight excluding hydrogens is 302 g/mol. The normalized spacial score (nSPS) is 12.5. The first-order valence-electron chi connectivity index (χ1n) is 7.28. The molecule has 1 unspecified atom stereocenters. The van der Waals surface area contributed by atoms with E-state index in [4.69, 9.17) is 11.6 Å². The van der Waals surface area contributed by atoms with Gasteiger partial charge in [-0.1, -0.05) is 11.6 Å². The van der Waals surface area contributed by atoms with Gasteiger partial charge >= 0.3 is 0 Å². The van der Waals surface area contributed by atoms with Crippen LogP contribution >= 0.6 is 11.6 Å². The minimum atomic E-state index is -0.0646. The fourth-order valence-corrected chi connectivity index (χ4v) is 2.67. The van der Waals surface area contributed by atoms with Gasteiger partial charge in [-0.3, -0.25) is 14.2 Å². The van der Waals surface area contributed by atoms with Crippen molar-refractivity contribution in [3.05, 3.63) is 33.9 Å². The number of carbonyl (C=O) groups excluding carboxylic acids is 1. The van der Waals surface area contributed by atoms with Crippen molar-refractivity contribution in [3.63, 3.8) is 0 Å². The Kier molecular flexibility index (Phi) is 4.90. The van der Waals surface area contributed by atoms with Crippen molar-refractivity contribution in [2.24, 2.45) is 7.05 Å². The molecule has 1 N–H and O–H groups in total. The van der Waals surface area contributed by atoms with E-state index >= 15 is 0 Å². The van der Waals surface area contributed by atoms with Crippen LogP contribution in [0.4, 0.5) is 0 Å². The minimum absolute atomic E-state index is 0.0144. The Balaban J connectivity index is 1.93. The van der Waals surface area contributed by atoms with Crippen LogP contribution in [0.25, 0.3) is 0 Å². The molecule has 2 heterocycles. The molecule has 2 aromatic heterocycles. The molecule has 1 amide bonds. The molecule has 22 heavy (non-hydrogen) atoms. The number of aryl methyl sites for hydroxylation is 4. The van der Waals surface area contributed by atoms with E-state index in [0.29, 0.717) is 18.0 Å². The molecule has 0 aliphatic carbocycles. The molecule has 0 fully saturated rings. The molecule has 0 saturated heterocycles. The van der Waals surface area contributed by atoms with Crippen LogP contribution in [-0.2, 0) is 18.4 Å². The van der Waals surface area contributed by atoms with Gasteiger partial charge < -0.3 is 5.32 Å². The van der Waals surface area contributed by atoms with Crippen LogP contribution in [0.1, 0.15) is 42.0 Å². The molecule has 7 heteroatoms. The molecule has 2 rings (SSSR count). The summed E-state index contributed by atoms with van der Waals surface area (Å²) in [7, 11) is 1.87. The van der Waals surface area contributed by atoms with E-state index in [1.807, 2.05) is 40.9 Å². The van der Waals surface area contributed by atoms with Gasteiger partial charge in [0, 0.05) is 25.2 Å². The third-order valence-corrected chi connectivity index (χ3v) is 4.29. The summed E-state index contributed by atoms with van der Waals surface area (Å²) in [5, 5.41) is 12.3. The van der Waals surface area contributed by atoms with Crippen LogP contribution in [0.2, 0.25) is 5.02 Å². The number of rotatable bonds is 5. The highest BCUT2D eigenvalue weighted by molar-refractivity contribution is 6.31. The summed E-state index contributed by atoms with van der Waals surface area (Å²) in [5.41, 5.74) is 3.65. The zero-order valence-corrected chi connectivity index (χ0v) is 14.4. The Morgan fingerprint density at radius 3 is 2.50 bits per heavy atom. The third kappa shape index (κ3) is 3.50. The van der Waals surface area contributed by atoms with Crippen molar-refractivity contribution in [3.8, 4) is 0 Å². The van der Waals surface area contributed by atoms with Crippen LogP contribution in [0, 0.1) is 20.8 Å². The molecule has 0 bridgehead atoms. The SMILES string of the molecule is Cc1nn(C)cc1C(C)NC(=O)CCn1nc(C)c(Cl)c1C. The summed E-state index contributed by atoms with van der Waals surface area (Å²) in [6.07, 6.45) is 2.29. The van der Waals surface area contributed by atoms with Gasteiger partial charge in [-0.2, -0.15) is 10.2 Å². The quantitative estimate of drug-likeness (QED) is 0.919. The molecule has 0 radical (unpaired) electrons. The number of amides is 1. The average molecular weight is 324 g/mol. The minimum Gasteiger partial charge on any atom is -0.349 e. The zero-order chi connectivity index (χ0) is 16.4. The number of carbonyl (C=O) groups is 1. The summed E-state index contributed by atoms with van der Waals surface area (Å²) in [6.45, 7) is 8.18. The second-order valence-corrected chi connectivity index (χ2v) is 5.97. The highest BCUT2D eigenvalue weighted by atomic mass is 35.5. The lowest BCUT2D eigenvalue weighted by Gasteiger charge is -2.13. The molecule has 0 aliphatic rings. The van der Waals surface area contributed by atoms with Gasteiger partial charge in [-0.15, -0.1) is 0 Å². The van der Waals surface area contributed by atoms with E-state index < -0.39 is 0 Å². The largest absolute Gasteiger partial charge is 0.349 e. The molecule has 2 aromatic rings. The van der Waals surface area contributed by atoms with Crippen molar-refractivity contribution in [2.45, 2.75) is 46.7 Å². The standard InChI is InChI=1S/C15H22ClN5O/c1-9(13-8-20(5)18-10(13)2)17-14(22)6-7-21-12(4)15(16)11(3)19-21/h8-9H,6-7H2,1-5H3,(H,17,22). The first kappa shape index (κ1) is 16.5. The molecule has 1 atom stereocenters. The fraction of sp³-hybridized carbons (Fsp3) is 0.533. The topological polar surface area (TPSA) is 64.7 Å². The maximum absolute atomic E-state index is 12.1. The number of nitrogens with one attached hydrogen (secondary N) is 1. The number of hydrogen-bond donors (Lipinski definition) is 1. The van der Waals surface area contributed by atoms with Crippen molar-refractivity contribution >= 4 is 17.5 Å². The van der Waals surface area contributed by atoms with Gasteiger partial charge in [0.05, 0.1) is 34.7 Å². The van der Waals surface area contributed by atoms with E-state index in [-0.39, 0.29) is 11.9 Å². The van der Waals surface area contributed by atoms with Crippen molar-refractivity contribution in [1.29, 1.82) is 0 Å². The maximum Gasteiger partial charge on any atom is 0.222 e. The summed E-state index contributed by atoms with van der Waals surface area (Å²) in [4.78, 5) is 12.1. The third-order valence-electron chi connectivity index (χ3n) is 3.74. The lowest BCUT2D eigenvalue weighted by molar-refractivity contribution is -0.122. The number of nitrogens with zero attached hydrogens (tertiary/aromatic N) is 4. The first-order chi connectivity index (χ1) is 10.3. The summed E-state index contributed by atoms with van der Waals surface area (Å²) in [6, 6.07) is -0.0646. The van der Waals surface area contributed by atoms with Gasteiger partial charge in [0.1, 0.15) is 0 Å². The lowest BCUT2D eigenvalue weighted by Crippen LogP contribution is -2.27. The summed E-state index contributed by atoms with van der Waals surface area (Å²) >= 11 is 6.10. The second-order valence-electron chi connectivity index (χ2n) is 5.59. The lowest BCUT2D eigenvalue weighted by atomic mass is 10.1. The van der Waals surface area contributed by atoms with E-state index in [1.165, 1.54) is 0 Å². The van der Waals surface area contributed by atoms with Gasteiger partial charge in [0.15, 0.2) is 0 Å². The fourth-order valence-electron chi connectivity index (χ4n) is 2.53. The first-order valence-corrected chi connectivity index (χ1v) is 7.66. The van der Waals surface area contributed by atoms with E-state index in [1.54, 1.807) is 9.36 Å². The van der Waals surface area contributed by atoms with Gasteiger partial charge in [0.25, 0.3) is 0 Å². The van der Waals surface area contributed by atoms with Crippen LogP contribution in [0.5, 0.6) is 0 Å². The summed E-state index contributed by atoms with van der Waals surface area (Å²) < 4.78 is 3.53. The average Bonchev–Trinajstić information content (AvgIpc) is 2.90. The van der Waals surface area contributed by atoms with Crippen molar-refractivity contribution in [1.82, 2.24) is 24.9 Å². The predicted octanol–water partition coefficient (Wildman–Crippen LogP) is 2.46. The monoisotopic (exact) mass is 323 g/mol. The molecule has 0 aromatic carbocycles. The van der Waals surface area contributed by atoms with E-state index in [0.717, 1.165) is 22.6 Å². The molecule has 0 saturated carbocycles. The second kappa shape index (κ2) is 6.52. The smallest absolute Gasteiger partial charge is 0.222 e. The van der Waals surface area contributed by atoms with Gasteiger partial charge in [-0.25, -0.2) is 0 Å². The molecule has 6 nitrogen and oxygen atoms in total.